The van der Waals surface area contributed by atoms with Crippen molar-refractivity contribution in [2.45, 2.75) is 19.4 Å². The van der Waals surface area contributed by atoms with Crippen LogP contribution < -0.4 is 10.1 Å². The summed E-state index contributed by atoms with van der Waals surface area (Å²) in [6.07, 6.45) is 2.20. The number of anilines is 1. The van der Waals surface area contributed by atoms with E-state index >= 15 is 0 Å². The van der Waals surface area contributed by atoms with Crippen LogP contribution in [0.25, 0.3) is 0 Å². The second-order valence-corrected chi connectivity index (χ2v) is 4.69. The average molecular weight is 275 g/mol. The second-order valence-electron chi connectivity index (χ2n) is 4.69. The molecule has 2 N–H and O–H groups in total. The molecule has 1 aromatic heterocycles. The number of hydrogen-bond donors (Lipinski definition) is 2. The average Bonchev–Trinajstić information content (AvgIpc) is 2.85. The lowest BCUT2D eigenvalue weighted by molar-refractivity contribution is 0.191. The third-order valence-corrected chi connectivity index (χ3v) is 3.20. The van der Waals surface area contributed by atoms with Crippen molar-refractivity contribution in [2.24, 2.45) is 7.05 Å². The summed E-state index contributed by atoms with van der Waals surface area (Å²) in [6, 6.07) is 7.47. The zero-order valence-electron chi connectivity index (χ0n) is 12.1. The summed E-state index contributed by atoms with van der Waals surface area (Å²) in [7, 11) is 3.51. The van der Waals surface area contributed by atoms with Gasteiger partial charge in [0.05, 0.1) is 24.6 Å². The molecule has 1 heterocycles. The standard InChI is InChI=1S/C15H21N3O2/c1-4-13-14(10-18(2)17-13)16-9-15(19)11-6-5-7-12(8-11)20-3/h5-8,10,15-16,19H,4,9H2,1-3H3. The molecule has 1 atom stereocenters. The summed E-state index contributed by atoms with van der Waals surface area (Å²) in [5, 5.41) is 17.8. The van der Waals surface area contributed by atoms with Gasteiger partial charge in [-0.3, -0.25) is 4.68 Å². The number of ether oxygens (including phenoxy) is 1. The van der Waals surface area contributed by atoms with Crippen molar-refractivity contribution < 1.29 is 9.84 Å². The Hall–Kier alpha value is -2.01. The summed E-state index contributed by atoms with van der Waals surface area (Å²) in [5.41, 5.74) is 2.81. The minimum Gasteiger partial charge on any atom is -0.497 e. The number of rotatable bonds is 6. The Bertz CT molecular complexity index is 566. The van der Waals surface area contributed by atoms with Gasteiger partial charge in [0.25, 0.3) is 0 Å². The number of nitrogens with one attached hydrogen (secondary N) is 1. The quantitative estimate of drug-likeness (QED) is 0.848. The van der Waals surface area contributed by atoms with Crippen LogP contribution in [0, 0.1) is 0 Å². The van der Waals surface area contributed by atoms with Gasteiger partial charge in [-0.15, -0.1) is 0 Å². The molecule has 0 saturated carbocycles. The molecule has 5 heteroatoms. The Morgan fingerprint density at radius 3 is 2.95 bits per heavy atom. The normalized spacial score (nSPS) is 12.2. The van der Waals surface area contributed by atoms with Gasteiger partial charge >= 0.3 is 0 Å². The van der Waals surface area contributed by atoms with Crippen LogP contribution in [0.4, 0.5) is 5.69 Å². The molecule has 20 heavy (non-hydrogen) atoms. The van der Waals surface area contributed by atoms with Crippen LogP contribution in [0.1, 0.15) is 24.3 Å². The van der Waals surface area contributed by atoms with Gasteiger partial charge < -0.3 is 15.2 Å². The monoisotopic (exact) mass is 275 g/mol. The third kappa shape index (κ3) is 3.30. The smallest absolute Gasteiger partial charge is 0.119 e. The minimum atomic E-state index is -0.588. The largest absolute Gasteiger partial charge is 0.497 e. The van der Waals surface area contributed by atoms with E-state index in [4.69, 9.17) is 4.74 Å². The van der Waals surface area contributed by atoms with E-state index in [-0.39, 0.29) is 0 Å². The second kappa shape index (κ2) is 6.43. The summed E-state index contributed by atoms with van der Waals surface area (Å²) < 4.78 is 6.94. The van der Waals surface area contributed by atoms with E-state index in [1.807, 2.05) is 37.5 Å². The molecule has 1 aromatic carbocycles. The van der Waals surface area contributed by atoms with Crippen LogP contribution in [0.2, 0.25) is 0 Å². The third-order valence-electron chi connectivity index (χ3n) is 3.20. The minimum absolute atomic E-state index is 0.436. The highest BCUT2D eigenvalue weighted by Gasteiger charge is 2.11. The Kier molecular flexibility index (Phi) is 4.63. The van der Waals surface area contributed by atoms with Crippen molar-refractivity contribution in [1.82, 2.24) is 9.78 Å². The molecular weight excluding hydrogens is 254 g/mol. The van der Waals surface area contributed by atoms with Gasteiger partial charge in [0.2, 0.25) is 0 Å². The van der Waals surface area contributed by atoms with Crippen molar-refractivity contribution >= 4 is 5.69 Å². The summed E-state index contributed by atoms with van der Waals surface area (Å²) in [4.78, 5) is 0. The lowest BCUT2D eigenvalue weighted by atomic mass is 10.1. The van der Waals surface area contributed by atoms with Crippen LogP contribution in [0.5, 0.6) is 5.75 Å². The van der Waals surface area contributed by atoms with Gasteiger partial charge in [-0.25, -0.2) is 0 Å². The SMILES string of the molecule is CCc1nn(C)cc1NCC(O)c1cccc(OC)c1. The van der Waals surface area contributed by atoms with Crippen molar-refractivity contribution in [3.8, 4) is 5.75 Å². The molecule has 0 fully saturated rings. The fourth-order valence-corrected chi connectivity index (χ4v) is 2.12. The van der Waals surface area contributed by atoms with Crippen LogP contribution in [-0.4, -0.2) is 28.5 Å². The van der Waals surface area contributed by atoms with Crippen molar-refractivity contribution in [1.29, 1.82) is 0 Å². The van der Waals surface area contributed by atoms with Gasteiger partial charge in [0.1, 0.15) is 5.75 Å². The van der Waals surface area contributed by atoms with Crippen molar-refractivity contribution in [3.05, 3.63) is 41.7 Å². The number of aliphatic hydroxyl groups is 1. The van der Waals surface area contributed by atoms with Crippen LogP contribution in [-0.2, 0) is 13.5 Å². The molecule has 2 aromatic rings. The number of aliphatic hydroxyl groups excluding tert-OH is 1. The van der Waals surface area contributed by atoms with Gasteiger partial charge in [0.15, 0.2) is 0 Å². The Balaban J connectivity index is 2.02. The highest BCUT2D eigenvalue weighted by Crippen LogP contribution is 2.20. The van der Waals surface area contributed by atoms with E-state index in [1.165, 1.54) is 0 Å². The first kappa shape index (κ1) is 14.4. The predicted molar refractivity (Wildman–Crippen MR) is 79.0 cm³/mol. The van der Waals surface area contributed by atoms with Gasteiger partial charge in [-0.2, -0.15) is 5.10 Å². The molecule has 108 valence electrons. The fourth-order valence-electron chi connectivity index (χ4n) is 2.12. The van der Waals surface area contributed by atoms with E-state index in [0.29, 0.717) is 6.54 Å². The number of methoxy groups -OCH3 is 1. The highest BCUT2D eigenvalue weighted by molar-refractivity contribution is 5.46. The van der Waals surface area contributed by atoms with E-state index in [9.17, 15) is 5.11 Å². The first-order valence-corrected chi connectivity index (χ1v) is 6.72. The maximum Gasteiger partial charge on any atom is 0.119 e. The molecule has 0 aliphatic heterocycles. The molecule has 0 bridgehead atoms. The number of nitrogens with zero attached hydrogens (tertiary/aromatic N) is 2. The van der Waals surface area contributed by atoms with E-state index in [0.717, 1.165) is 29.1 Å². The summed E-state index contributed by atoms with van der Waals surface area (Å²) >= 11 is 0. The van der Waals surface area contributed by atoms with Gasteiger partial charge in [0, 0.05) is 19.8 Å². The maximum atomic E-state index is 10.2. The van der Waals surface area contributed by atoms with Crippen molar-refractivity contribution in [2.75, 3.05) is 19.0 Å². The molecule has 0 saturated heterocycles. The first-order chi connectivity index (χ1) is 9.63. The topological polar surface area (TPSA) is 59.3 Å². The van der Waals surface area contributed by atoms with Crippen LogP contribution in [0.3, 0.4) is 0 Å². The molecule has 0 aliphatic rings. The molecule has 1 unspecified atom stereocenters. The lowest BCUT2D eigenvalue weighted by Gasteiger charge is -2.13. The highest BCUT2D eigenvalue weighted by atomic mass is 16.5. The number of aryl methyl sites for hydroxylation is 2. The maximum absolute atomic E-state index is 10.2. The molecular formula is C15H21N3O2. The molecule has 2 rings (SSSR count). The van der Waals surface area contributed by atoms with Gasteiger partial charge in [-0.05, 0) is 24.1 Å². The molecule has 0 aliphatic carbocycles. The van der Waals surface area contributed by atoms with E-state index in [1.54, 1.807) is 11.8 Å². The predicted octanol–water partition coefficient (Wildman–Crippen LogP) is 2.14. The Labute approximate surface area is 119 Å². The van der Waals surface area contributed by atoms with Crippen LogP contribution >= 0.6 is 0 Å². The van der Waals surface area contributed by atoms with E-state index in [2.05, 4.69) is 17.3 Å². The van der Waals surface area contributed by atoms with Crippen LogP contribution in [0.15, 0.2) is 30.5 Å². The van der Waals surface area contributed by atoms with E-state index < -0.39 is 6.10 Å². The molecule has 5 nitrogen and oxygen atoms in total. The number of benzene rings is 1. The summed E-state index contributed by atoms with van der Waals surface area (Å²) in [6.45, 7) is 2.50. The summed E-state index contributed by atoms with van der Waals surface area (Å²) in [5.74, 6) is 0.747. The number of aromatic nitrogens is 2. The fraction of sp³-hybridized carbons (Fsp3) is 0.400. The van der Waals surface area contributed by atoms with Gasteiger partial charge in [-0.1, -0.05) is 19.1 Å². The molecule has 0 spiro atoms. The Morgan fingerprint density at radius 2 is 2.25 bits per heavy atom. The number of hydrogen-bond acceptors (Lipinski definition) is 4. The zero-order valence-corrected chi connectivity index (χ0v) is 12.1. The molecule has 0 radical (unpaired) electrons. The van der Waals surface area contributed by atoms with Crippen molar-refractivity contribution in [3.63, 3.8) is 0 Å². The zero-order chi connectivity index (χ0) is 14.5. The first-order valence-electron chi connectivity index (χ1n) is 6.72. The Morgan fingerprint density at radius 1 is 1.45 bits per heavy atom. The molecule has 0 amide bonds. The lowest BCUT2D eigenvalue weighted by Crippen LogP contribution is -2.12.